The molecule has 0 radical (unpaired) electrons. The molecule has 1 fully saturated rings. The zero-order valence-electron chi connectivity index (χ0n) is 29.8. The molecule has 2 aromatic carbocycles. The Morgan fingerprint density at radius 1 is 0.702 bits per heavy atom. The first-order valence-electron chi connectivity index (χ1n) is 17.2. The van der Waals surface area contributed by atoms with Crippen molar-refractivity contribution in [2.45, 2.75) is 47.1 Å². The van der Waals surface area contributed by atoms with E-state index in [0.29, 0.717) is 38.6 Å². The van der Waals surface area contributed by atoms with Gasteiger partial charge in [-0.15, -0.1) is 50.4 Å². The van der Waals surface area contributed by atoms with E-state index in [1.54, 1.807) is 24.8 Å². The molecule has 0 spiro atoms. The molecule has 0 N–H and O–H groups in total. The second-order valence-electron chi connectivity index (χ2n) is 12.4. The molecule has 9 rings (SSSR count). The Bertz CT molecular complexity index is 2630. The van der Waals surface area contributed by atoms with Gasteiger partial charge in [0.15, 0.2) is 45.2 Å². The first-order valence-corrected chi connectivity index (χ1v) is 19.8. The molecule has 1 unspecified atom stereocenters. The third-order valence-electron chi connectivity index (χ3n) is 8.40. The van der Waals surface area contributed by atoms with Crippen molar-refractivity contribution >= 4 is 46.7 Å². The van der Waals surface area contributed by atoms with E-state index in [9.17, 15) is 8.78 Å². The molecular weight excluding hydrogens is 818 g/mol. The molecular formula is C35H28Cl2F2N16S2. The summed E-state index contributed by atoms with van der Waals surface area (Å²) in [4.78, 5) is 10.3. The SMILES string of the molecule is CC(Sc1nnc(-c2ccncc2)n1C)c1nnn(-c2cc(Cl)ccc2F)n1.Fc1ccc(Cl)cc1-n1nnc(CSc2nnc(-c3ccncc3)n2C2CC2)n1. The van der Waals surface area contributed by atoms with Crippen molar-refractivity contribution in [1.82, 2.24) is 79.9 Å². The van der Waals surface area contributed by atoms with Gasteiger partial charge in [0.05, 0.1) is 11.0 Å². The van der Waals surface area contributed by atoms with Gasteiger partial charge in [-0.2, -0.15) is 0 Å². The second kappa shape index (κ2) is 16.8. The monoisotopic (exact) mass is 844 g/mol. The number of hydrogen-bond acceptors (Lipinski definition) is 14. The topological polar surface area (TPSA) is 174 Å². The molecule has 0 saturated heterocycles. The molecule has 0 bridgehead atoms. The number of nitrogens with zero attached hydrogens (tertiary/aromatic N) is 16. The highest BCUT2D eigenvalue weighted by Crippen LogP contribution is 2.41. The van der Waals surface area contributed by atoms with Crippen molar-refractivity contribution in [2.24, 2.45) is 7.05 Å². The van der Waals surface area contributed by atoms with E-state index in [0.717, 1.165) is 50.4 Å². The van der Waals surface area contributed by atoms with Crippen LogP contribution in [-0.2, 0) is 12.8 Å². The highest BCUT2D eigenvalue weighted by molar-refractivity contribution is 7.99. The smallest absolute Gasteiger partial charge is 0.192 e. The van der Waals surface area contributed by atoms with Crippen LogP contribution in [0.2, 0.25) is 10.0 Å². The molecule has 0 amide bonds. The number of benzene rings is 2. The van der Waals surface area contributed by atoms with Crippen molar-refractivity contribution in [1.29, 1.82) is 0 Å². The molecule has 1 atom stereocenters. The van der Waals surface area contributed by atoms with Gasteiger partial charge in [0.2, 0.25) is 0 Å². The molecule has 1 aliphatic rings. The van der Waals surface area contributed by atoms with Gasteiger partial charge in [-0.25, -0.2) is 8.78 Å². The molecule has 16 nitrogen and oxygen atoms in total. The predicted molar refractivity (Wildman–Crippen MR) is 208 cm³/mol. The van der Waals surface area contributed by atoms with Gasteiger partial charge in [-0.1, -0.05) is 46.7 Å². The minimum atomic E-state index is -0.482. The molecule has 57 heavy (non-hydrogen) atoms. The minimum Gasteiger partial charge on any atom is -0.305 e. The Morgan fingerprint density at radius 2 is 1.26 bits per heavy atom. The normalized spacial score (nSPS) is 13.0. The molecule has 22 heteroatoms. The molecule has 0 aliphatic heterocycles. The Balaban J connectivity index is 0.000000160. The van der Waals surface area contributed by atoms with Crippen LogP contribution in [0.3, 0.4) is 0 Å². The lowest BCUT2D eigenvalue weighted by molar-refractivity contribution is 0.591. The molecule has 6 heterocycles. The number of thioether (sulfide) groups is 2. The highest BCUT2D eigenvalue weighted by atomic mass is 35.5. The van der Waals surface area contributed by atoms with E-state index >= 15 is 0 Å². The first-order chi connectivity index (χ1) is 27.7. The average molecular weight is 846 g/mol. The largest absolute Gasteiger partial charge is 0.305 e. The van der Waals surface area contributed by atoms with Crippen molar-refractivity contribution in [2.75, 3.05) is 0 Å². The van der Waals surface area contributed by atoms with Crippen molar-refractivity contribution < 1.29 is 8.78 Å². The van der Waals surface area contributed by atoms with Crippen LogP contribution < -0.4 is 0 Å². The highest BCUT2D eigenvalue weighted by Gasteiger charge is 2.30. The van der Waals surface area contributed by atoms with Crippen LogP contribution in [-0.4, -0.2) is 79.9 Å². The summed E-state index contributed by atoms with van der Waals surface area (Å²) >= 11 is 14.8. The molecule has 1 aliphatic carbocycles. The van der Waals surface area contributed by atoms with E-state index in [2.05, 4.69) is 65.8 Å². The quantitative estimate of drug-likeness (QED) is 0.119. The molecule has 8 aromatic rings. The zero-order valence-corrected chi connectivity index (χ0v) is 33.0. The van der Waals surface area contributed by atoms with Crippen molar-refractivity contribution in [3.8, 4) is 34.2 Å². The van der Waals surface area contributed by atoms with Crippen molar-refractivity contribution in [3.63, 3.8) is 0 Å². The van der Waals surface area contributed by atoms with Gasteiger partial charge < -0.3 is 4.57 Å². The Morgan fingerprint density at radius 3 is 1.89 bits per heavy atom. The van der Waals surface area contributed by atoms with Crippen LogP contribution in [0.25, 0.3) is 34.2 Å². The first kappa shape index (κ1) is 38.2. The van der Waals surface area contributed by atoms with Crippen molar-refractivity contribution in [3.05, 3.63) is 119 Å². The van der Waals surface area contributed by atoms with E-state index < -0.39 is 11.6 Å². The lowest BCUT2D eigenvalue weighted by atomic mass is 10.2. The standard InChI is InChI=1S/C18H14ClFN8S.C17H14ClFN8S/c19-12-1-4-14(20)15(9-12)28-25-16(22-26-28)10-29-18-24-23-17(27(18)13-2-3-13)11-5-7-21-8-6-11;1-10(15-21-25-27(24-15)14-9-12(18)3-4-13(14)19)28-17-23-22-16(26(17)2)11-5-7-20-8-6-11/h1,4-9,13H,2-3,10H2;3-10H,1-2H3. The van der Waals surface area contributed by atoms with E-state index in [1.165, 1.54) is 59.9 Å². The average Bonchev–Trinajstić information content (AvgIpc) is 3.57. The maximum atomic E-state index is 14.0. The van der Waals surface area contributed by atoms with Gasteiger partial charge >= 0.3 is 0 Å². The zero-order chi connectivity index (χ0) is 39.5. The molecule has 1 saturated carbocycles. The van der Waals surface area contributed by atoms with Crippen LogP contribution in [0.5, 0.6) is 0 Å². The third kappa shape index (κ3) is 8.68. The van der Waals surface area contributed by atoms with Crippen LogP contribution in [0.1, 0.15) is 42.7 Å². The summed E-state index contributed by atoms with van der Waals surface area (Å²) in [6.45, 7) is 1.92. The van der Waals surface area contributed by atoms with Gasteiger partial charge in [0, 0.05) is 59.0 Å². The summed E-state index contributed by atoms with van der Waals surface area (Å²) in [5.74, 6) is 1.95. The fourth-order valence-electron chi connectivity index (χ4n) is 5.42. The van der Waals surface area contributed by atoms with Crippen LogP contribution in [0.15, 0.2) is 95.8 Å². The summed E-state index contributed by atoms with van der Waals surface area (Å²) in [5, 5.41) is 43.8. The summed E-state index contributed by atoms with van der Waals surface area (Å²) in [6, 6.07) is 16.4. The second-order valence-corrected chi connectivity index (χ2v) is 15.5. The van der Waals surface area contributed by atoms with Gasteiger partial charge in [-0.05, 0) is 90.9 Å². The number of tetrazole rings is 2. The Kier molecular flexibility index (Phi) is 11.3. The number of hydrogen-bond donors (Lipinski definition) is 0. The van der Waals surface area contributed by atoms with Gasteiger partial charge in [0.1, 0.15) is 11.4 Å². The van der Waals surface area contributed by atoms with Crippen LogP contribution in [0.4, 0.5) is 8.78 Å². The van der Waals surface area contributed by atoms with E-state index in [4.69, 9.17) is 23.2 Å². The number of pyridine rings is 2. The fourth-order valence-corrected chi connectivity index (χ4v) is 7.44. The minimum absolute atomic E-state index is 0.141. The maximum absolute atomic E-state index is 14.0. The summed E-state index contributed by atoms with van der Waals surface area (Å²) in [5.41, 5.74) is 2.20. The van der Waals surface area contributed by atoms with E-state index in [-0.39, 0.29) is 16.6 Å². The third-order valence-corrected chi connectivity index (χ3v) is 10.9. The maximum Gasteiger partial charge on any atom is 0.192 e. The summed E-state index contributed by atoms with van der Waals surface area (Å²) in [7, 11) is 1.89. The number of aromatic nitrogens is 16. The van der Waals surface area contributed by atoms with Gasteiger partial charge in [0.25, 0.3) is 0 Å². The lowest BCUT2D eigenvalue weighted by Gasteiger charge is -2.07. The van der Waals surface area contributed by atoms with Crippen LogP contribution >= 0.6 is 46.7 Å². The van der Waals surface area contributed by atoms with E-state index in [1.807, 2.05) is 42.8 Å². The number of halogens is 4. The summed E-state index contributed by atoms with van der Waals surface area (Å²) in [6.07, 6.45) is 9.10. The fraction of sp³-hybridized carbons (Fsp3) is 0.200. The molecule has 6 aromatic heterocycles. The Hall–Kier alpha value is -5.70. The van der Waals surface area contributed by atoms with Crippen LogP contribution in [0, 0.1) is 11.6 Å². The lowest BCUT2D eigenvalue weighted by Crippen LogP contribution is -2.03. The Labute approximate surface area is 341 Å². The van der Waals surface area contributed by atoms with Gasteiger partial charge in [-0.3, -0.25) is 14.5 Å². The summed E-state index contributed by atoms with van der Waals surface area (Å²) < 4.78 is 32.1. The number of rotatable bonds is 11. The molecule has 288 valence electrons. The predicted octanol–water partition coefficient (Wildman–Crippen LogP) is 7.23.